The van der Waals surface area contributed by atoms with Crippen LogP contribution in [0.2, 0.25) is 0 Å². The fraction of sp³-hybridized carbons (Fsp3) is 0.483. The third-order valence-corrected chi connectivity index (χ3v) is 9.52. The number of allylic oxidation sites excluding steroid dienone is 1. The molecule has 2 aromatic rings. The number of likely N-dealkylation sites (tertiary alicyclic amines) is 2. The van der Waals surface area contributed by atoms with Gasteiger partial charge in [-0.25, -0.2) is 0 Å². The van der Waals surface area contributed by atoms with Gasteiger partial charge < -0.3 is 10.6 Å². The summed E-state index contributed by atoms with van der Waals surface area (Å²) in [4.78, 5) is 18.5. The summed E-state index contributed by atoms with van der Waals surface area (Å²) in [6.07, 6.45) is 4.22. The van der Waals surface area contributed by atoms with Gasteiger partial charge in [0, 0.05) is 37.9 Å². The maximum atomic E-state index is 13.0. The minimum atomic E-state index is -1.32. The number of piperidine rings is 2. The maximum Gasteiger partial charge on any atom is 0.255 e. The third-order valence-electron chi connectivity index (χ3n) is 7.78. The highest BCUT2D eigenvalue weighted by Crippen LogP contribution is 2.30. The molecule has 1 atom stereocenters. The molecule has 2 aliphatic heterocycles. The molecular formula is C29H40N3O2S+. The molecule has 0 spiro atoms. The molecule has 1 unspecified atom stereocenters. The van der Waals surface area contributed by atoms with Crippen molar-refractivity contribution in [2.75, 3.05) is 31.9 Å². The molecular weight excluding hydrogens is 454 g/mol. The van der Waals surface area contributed by atoms with Gasteiger partial charge in [0.15, 0.2) is 4.90 Å². The van der Waals surface area contributed by atoms with E-state index in [1.807, 2.05) is 56.0 Å². The molecule has 0 bridgehead atoms. The Morgan fingerprint density at radius 2 is 1.63 bits per heavy atom. The van der Waals surface area contributed by atoms with Gasteiger partial charge in [-0.15, -0.1) is 4.21 Å². The number of rotatable bonds is 5. The molecule has 2 N–H and O–H groups in total. The first-order chi connectivity index (χ1) is 16.8. The van der Waals surface area contributed by atoms with Gasteiger partial charge in [0.05, 0.1) is 5.56 Å². The second-order valence-corrected chi connectivity index (χ2v) is 12.5. The zero-order valence-electron chi connectivity index (χ0n) is 21.6. The number of nitrogens with zero attached hydrogens (tertiary/aromatic N) is 2. The van der Waals surface area contributed by atoms with E-state index in [4.69, 9.17) is 5.73 Å². The number of amides is 1. The van der Waals surface area contributed by atoms with Crippen LogP contribution < -0.4 is 5.73 Å². The first-order valence-corrected chi connectivity index (χ1v) is 14.2. The second-order valence-electron chi connectivity index (χ2n) is 10.3. The smallest absolute Gasteiger partial charge is 0.255 e. The quantitative estimate of drug-likeness (QED) is 0.352. The average Bonchev–Trinajstić information content (AvgIpc) is 2.89. The average molecular weight is 495 g/mol. The van der Waals surface area contributed by atoms with E-state index in [9.17, 15) is 9.00 Å². The lowest BCUT2D eigenvalue weighted by molar-refractivity contribution is 0.0609. The number of benzene rings is 2. The number of nitrogen functional groups attached to an aromatic ring is 1. The first-order valence-electron chi connectivity index (χ1n) is 12.9. The highest BCUT2D eigenvalue weighted by molar-refractivity contribution is 7.85. The molecule has 2 saturated heterocycles. The molecule has 6 heteroatoms. The largest absolute Gasteiger partial charge is 0.398 e. The number of hydrogen-bond donors (Lipinski definition) is 1. The van der Waals surface area contributed by atoms with Crippen molar-refractivity contribution in [1.29, 1.82) is 0 Å². The summed E-state index contributed by atoms with van der Waals surface area (Å²) in [5.74, 6) is 0.0631. The molecule has 2 aliphatic rings. The first kappa shape index (κ1) is 25.6. The fourth-order valence-corrected chi connectivity index (χ4v) is 6.41. The minimum Gasteiger partial charge on any atom is -0.398 e. The lowest BCUT2D eigenvalue weighted by Crippen LogP contribution is -2.48. The van der Waals surface area contributed by atoms with Crippen LogP contribution in [-0.4, -0.2) is 53.2 Å². The van der Waals surface area contributed by atoms with Crippen molar-refractivity contribution in [2.45, 2.75) is 69.6 Å². The summed E-state index contributed by atoms with van der Waals surface area (Å²) >= 11 is 0. The van der Waals surface area contributed by atoms with Crippen LogP contribution in [-0.2, 0) is 15.0 Å². The van der Waals surface area contributed by atoms with Gasteiger partial charge in [-0.05, 0) is 100 Å². The van der Waals surface area contributed by atoms with Crippen LogP contribution in [0.25, 0.3) is 5.57 Å². The van der Waals surface area contributed by atoms with Crippen molar-refractivity contribution >= 4 is 28.0 Å². The molecule has 0 aliphatic carbocycles. The van der Waals surface area contributed by atoms with Crippen LogP contribution in [0, 0.1) is 6.92 Å². The van der Waals surface area contributed by atoms with Crippen molar-refractivity contribution in [3.63, 3.8) is 0 Å². The Balaban J connectivity index is 1.31. The highest BCUT2D eigenvalue weighted by Gasteiger charge is 2.30. The molecule has 2 fully saturated rings. The number of carbonyl (C=O) groups is 1. The number of nitrogens with two attached hydrogens (primary N) is 1. The molecule has 188 valence electrons. The number of thiol groups is 1. The topological polar surface area (TPSA) is 66.6 Å². The van der Waals surface area contributed by atoms with Gasteiger partial charge in [-0.1, -0.05) is 17.7 Å². The summed E-state index contributed by atoms with van der Waals surface area (Å²) in [5.41, 5.74) is 12.5. The van der Waals surface area contributed by atoms with Gasteiger partial charge in [-0.3, -0.25) is 9.69 Å². The molecule has 5 nitrogen and oxygen atoms in total. The highest BCUT2D eigenvalue weighted by atomic mass is 32.2. The fourth-order valence-electron chi connectivity index (χ4n) is 5.37. The Bertz CT molecular complexity index is 1110. The van der Waals surface area contributed by atoms with E-state index in [2.05, 4.69) is 24.0 Å². The third kappa shape index (κ3) is 5.70. The number of hydrogen-bond acceptors (Lipinski definition) is 4. The lowest BCUT2D eigenvalue weighted by atomic mass is 9.92. The van der Waals surface area contributed by atoms with E-state index in [1.165, 1.54) is 16.7 Å². The summed E-state index contributed by atoms with van der Waals surface area (Å²) in [7, 11) is -1.32. The Hall–Kier alpha value is -2.44. The van der Waals surface area contributed by atoms with E-state index in [-0.39, 0.29) is 11.2 Å². The SMILES string of the molecule is CC(=C1CCN(C2CCN(C(=O)c3cccc(C)c3N)CC2)CC1)c1ccc([SH+](=O)C(C)C)cc1. The van der Waals surface area contributed by atoms with Crippen molar-refractivity contribution in [1.82, 2.24) is 9.80 Å². The van der Waals surface area contributed by atoms with Crippen LogP contribution in [0.3, 0.4) is 0 Å². The molecule has 0 radical (unpaired) electrons. The van der Waals surface area contributed by atoms with E-state index in [1.54, 1.807) is 0 Å². The number of aryl methyl sites for hydroxylation is 1. The number of anilines is 1. The minimum absolute atomic E-state index is 0.0631. The van der Waals surface area contributed by atoms with E-state index < -0.39 is 10.8 Å². The normalized spacial score (nSPS) is 18.7. The zero-order chi connectivity index (χ0) is 25.1. The zero-order valence-corrected chi connectivity index (χ0v) is 22.5. The predicted molar refractivity (Wildman–Crippen MR) is 147 cm³/mol. The molecule has 35 heavy (non-hydrogen) atoms. The maximum absolute atomic E-state index is 13.0. The Kier molecular flexibility index (Phi) is 8.12. The second kappa shape index (κ2) is 11.1. The van der Waals surface area contributed by atoms with Crippen molar-refractivity contribution < 1.29 is 9.00 Å². The van der Waals surface area contributed by atoms with Crippen LogP contribution in [0.15, 0.2) is 52.9 Å². The number of para-hydroxylation sites is 1. The summed E-state index contributed by atoms with van der Waals surface area (Å²) < 4.78 is 12.4. The Labute approximate surface area is 212 Å². The molecule has 0 saturated carbocycles. The van der Waals surface area contributed by atoms with Gasteiger partial charge in [0.1, 0.15) is 16.0 Å². The van der Waals surface area contributed by atoms with Crippen LogP contribution in [0.1, 0.15) is 67.9 Å². The van der Waals surface area contributed by atoms with Crippen molar-refractivity contribution in [3.05, 3.63) is 64.7 Å². The van der Waals surface area contributed by atoms with E-state index >= 15 is 0 Å². The van der Waals surface area contributed by atoms with Crippen LogP contribution in [0.4, 0.5) is 5.69 Å². The molecule has 2 aromatic carbocycles. The predicted octanol–water partition coefficient (Wildman–Crippen LogP) is 5.21. The summed E-state index contributed by atoms with van der Waals surface area (Å²) in [6.45, 7) is 11.9. The lowest BCUT2D eigenvalue weighted by Gasteiger charge is -2.41. The molecule has 2 heterocycles. The van der Waals surface area contributed by atoms with Gasteiger partial charge in [0.25, 0.3) is 5.91 Å². The molecule has 0 aromatic heterocycles. The monoisotopic (exact) mass is 494 g/mol. The molecule has 1 amide bonds. The van der Waals surface area contributed by atoms with Crippen molar-refractivity contribution in [2.24, 2.45) is 0 Å². The Morgan fingerprint density at radius 3 is 2.23 bits per heavy atom. The van der Waals surface area contributed by atoms with Crippen LogP contribution >= 0.6 is 0 Å². The number of carbonyl (C=O) groups excluding carboxylic acids is 1. The summed E-state index contributed by atoms with van der Waals surface area (Å²) in [6, 6.07) is 14.6. The van der Waals surface area contributed by atoms with E-state index in [0.717, 1.165) is 62.3 Å². The van der Waals surface area contributed by atoms with Gasteiger partial charge in [-0.2, -0.15) is 0 Å². The Morgan fingerprint density at radius 1 is 1.00 bits per heavy atom. The van der Waals surface area contributed by atoms with Gasteiger partial charge >= 0.3 is 0 Å². The molecule has 4 rings (SSSR count). The van der Waals surface area contributed by atoms with Crippen LogP contribution in [0.5, 0.6) is 0 Å². The van der Waals surface area contributed by atoms with E-state index in [0.29, 0.717) is 17.3 Å². The standard InChI is InChI=1S/C29H39N3O2S/c1-20(2)35(34)26-10-8-23(9-11-26)22(4)24-12-16-31(17-13-24)25-14-18-32(19-15-25)29(33)27-7-5-6-21(3)28(27)30/h5-11,20,25H,12-19,30H2,1-4H3/p+1. The van der Waals surface area contributed by atoms with Gasteiger partial charge in [0.2, 0.25) is 0 Å². The summed E-state index contributed by atoms with van der Waals surface area (Å²) in [5, 5.41) is 0.172. The van der Waals surface area contributed by atoms with Crippen molar-refractivity contribution in [3.8, 4) is 0 Å².